The number of benzene rings is 1. The lowest BCUT2D eigenvalue weighted by molar-refractivity contribution is -0.131. The van der Waals surface area contributed by atoms with E-state index in [2.05, 4.69) is 17.0 Å². The lowest BCUT2D eigenvalue weighted by atomic mass is 10.1. The van der Waals surface area contributed by atoms with E-state index in [1.165, 1.54) is 5.69 Å². The predicted octanol–water partition coefficient (Wildman–Crippen LogP) is 1.98. The summed E-state index contributed by atoms with van der Waals surface area (Å²) in [7, 11) is 1.83. The minimum Gasteiger partial charge on any atom is -0.378 e. The maximum atomic E-state index is 12.4. The first-order chi connectivity index (χ1) is 11.1. The Morgan fingerprint density at radius 1 is 1.38 bits per heavy atom. The largest absolute Gasteiger partial charge is 0.378 e. The van der Waals surface area contributed by atoms with Crippen LogP contribution in [0.4, 0.5) is 5.69 Å². The van der Waals surface area contributed by atoms with Crippen molar-refractivity contribution in [3.63, 3.8) is 0 Å². The number of halogens is 1. The average Bonchev–Trinajstić information content (AvgIpc) is 2.60. The Labute approximate surface area is 155 Å². The SMILES string of the molecule is CSCCC(N)C(=O)N(C)Cc1ccccc1N1CCOCC1.Cl. The number of nitrogens with two attached hydrogens (primary N) is 1. The van der Waals surface area contributed by atoms with Gasteiger partial charge in [0.1, 0.15) is 0 Å². The number of morpholine rings is 1. The molecule has 0 aliphatic carbocycles. The molecule has 1 aliphatic heterocycles. The number of hydrogen-bond acceptors (Lipinski definition) is 5. The Kier molecular flexibility index (Phi) is 9.51. The Bertz CT molecular complexity index is 512. The van der Waals surface area contributed by atoms with E-state index in [9.17, 15) is 4.79 Å². The molecule has 24 heavy (non-hydrogen) atoms. The molecule has 0 spiro atoms. The molecule has 7 heteroatoms. The highest BCUT2D eigenvalue weighted by atomic mass is 35.5. The summed E-state index contributed by atoms with van der Waals surface area (Å²) in [5.74, 6) is 0.918. The van der Waals surface area contributed by atoms with Gasteiger partial charge in [-0.3, -0.25) is 4.79 Å². The van der Waals surface area contributed by atoms with Gasteiger partial charge in [-0.05, 0) is 30.1 Å². The molecule has 1 fully saturated rings. The van der Waals surface area contributed by atoms with Crippen molar-refractivity contribution in [2.45, 2.75) is 19.0 Å². The third-order valence-corrected chi connectivity index (χ3v) is 4.72. The zero-order chi connectivity index (χ0) is 16.7. The number of ether oxygens (including phenoxy) is 1. The molecule has 0 saturated carbocycles. The van der Waals surface area contributed by atoms with E-state index >= 15 is 0 Å². The second kappa shape index (κ2) is 10.8. The van der Waals surface area contributed by atoms with Gasteiger partial charge in [-0.15, -0.1) is 12.4 Å². The van der Waals surface area contributed by atoms with Crippen molar-refractivity contribution >= 4 is 35.8 Å². The highest BCUT2D eigenvalue weighted by molar-refractivity contribution is 7.98. The molecule has 2 rings (SSSR count). The third kappa shape index (κ3) is 5.84. The zero-order valence-electron chi connectivity index (χ0n) is 14.4. The fourth-order valence-corrected chi connectivity index (χ4v) is 3.23. The molecule has 1 amide bonds. The quantitative estimate of drug-likeness (QED) is 0.792. The van der Waals surface area contributed by atoms with Gasteiger partial charge in [0.2, 0.25) is 5.91 Å². The van der Waals surface area contributed by atoms with Gasteiger partial charge in [-0.25, -0.2) is 0 Å². The second-order valence-electron chi connectivity index (χ2n) is 5.81. The van der Waals surface area contributed by atoms with Crippen LogP contribution in [0, 0.1) is 0 Å². The third-order valence-electron chi connectivity index (χ3n) is 4.08. The van der Waals surface area contributed by atoms with Crippen LogP contribution in [0.3, 0.4) is 0 Å². The Hall–Kier alpha value is -0.950. The van der Waals surface area contributed by atoms with Crippen LogP contribution in [0.15, 0.2) is 24.3 Å². The minimum absolute atomic E-state index is 0. The van der Waals surface area contributed by atoms with Gasteiger partial charge in [-0.1, -0.05) is 18.2 Å². The van der Waals surface area contributed by atoms with E-state index in [0.717, 1.165) is 44.0 Å². The van der Waals surface area contributed by atoms with Crippen molar-refractivity contribution < 1.29 is 9.53 Å². The summed E-state index contributed by atoms with van der Waals surface area (Å²) in [6.45, 7) is 3.87. The Balaban J connectivity index is 0.00000288. The lowest BCUT2D eigenvalue weighted by Crippen LogP contribution is -2.42. The minimum atomic E-state index is -0.414. The van der Waals surface area contributed by atoms with Gasteiger partial charge >= 0.3 is 0 Å². The molecule has 0 aromatic heterocycles. The summed E-state index contributed by atoms with van der Waals surface area (Å²) in [5.41, 5.74) is 8.35. The van der Waals surface area contributed by atoms with Crippen molar-refractivity contribution in [2.24, 2.45) is 5.73 Å². The van der Waals surface area contributed by atoms with Crippen molar-refractivity contribution in [1.82, 2.24) is 4.90 Å². The fourth-order valence-electron chi connectivity index (χ4n) is 2.74. The summed E-state index contributed by atoms with van der Waals surface area (Å²) in [6, 6.07) is 7.85. The van der Waals surface area contributed by atoms with Crippen LogP contribution in [0.1, 0.15) is 12.0 Å². The number of carbonyl (C=O) groups excluding carboxylic acids is 1. The van der Waals surface area contributed by atoms with Crippen molar-refractivity contribution in [2.75, 3.05) is 50.3 Å². The van der Waals surface area contributed by atoms with Gasteiger partial charge in [0.05, 0.1) is 19.3 Å². The van der Waals surface area contributed by atoms with Gasteiger partial charge in [0.25, 0.3) is 0 Å². The maximum absolute atomic E-state index is 12.4. The number of anilines is 1. The van der Waals surface area contributed by atoms with Crippen LogP contribution in [0.5, 0.6) is 0 Å². The molecule has 1 aromatic carbocycles. The van der Waals surface area contributed by atoms with Crippen LogP contribution >= 0.6 is 24.2 Å². The molecule has 0 radical (unpaired) electrons. The Morgan fingerprint density at radius 2 is 2.04 bits per heavy atom. The first kappa shape index (κ1) is 21.1. The van der Waals surface area contributed by atoms with E-state index in [-0.39, 0.29) is 18.3 Å². The summed E-state index contributed by atoms with van der Waals surface area (Å²) >= 11 is 1.72. The van der Waals surface area contributed by atoms with Crippen molar-refractivity contribution in [1.29, 1.82) is 0 Å². The molecule has 2 N–H and O–H groups in total. The standard InChI is InChI=1S/C17H27N3O2S.ClH/c1-19(17(21)15(18)7-12-23-2)13-14-5-3-4-6-16(14)20-8-10-22-11-9-20;/h3-6,15H,7-13,18H2,1-2H3;1H. The molecule has 1 saturated heterocycles. The monoisotopic (exact) mass is 373 g/mol. The maximum Gasteiger partial charge on any atom is 0.239 e. The van der Waals surface area contributed by atoms with Crippen molar-refractivity contribution in [3.8, 4) is 0 Å². The fraction of sp³-hybridized carbons (Fsp3) is 0.588. The molecule has 0 bridgehead atoms. The van der Waals surface area contributed by atoms with Crippen molar-refractivity contribution in [3.05, 3.63) is 29.8 Å². The molecule has 1 aromatic rings. The Morgan fingerprint density at radius 3 is 2.71 bits per heavy atom. The summed E-state index contributed by atoms with van der Waals surface area (Å²) in [5, 5.41) is 0. The molecular formula is C17H28ClN3O2S. The van der Waals surface area contributed by atoms with E-state index in [4.69, 9.17) is 10.5 Å². The van der Waals surface area contributed by atoms with E-state index < -0.39 is 6.04 Å². The smallest absolute Gasteiger partial charge is 0.239 e. The summed E-state index contributed by atoms with van der Waals surface area (Å²) < 4.78 is 5.42. The number of nitrogens with zero attached hydrogens (tertiary/aromatic N) is 2. The van der Waals surface area contributed by atoms with Gasteiger partial charge in [-0.2, -0.15) is 11.8 Å². The van der Waals surface area contributed by atoms with E-state index in [0.29, 0.717) is 6.54 Å². The molecule has 5 nitrogen and oxygen atoms in total. The number of carbonyl (C=O) groups is 1. The zero-order valence-corrected chi connectivity index (χ0v) is 16.1. The van der Waals surface area contributed by atoms with Crippen LogP contribution in [-0.2, 0) is 16.1 Å². The number of thioether (sulfide) groups is 1. The predicted molar refractivity (Wildman–Crippen MR) is 104 cm³/mol. The van der Waals surface area contributed by atoms with Crippen LogP contribution < -0.4 is 10.6 Å². The second-order valence-corrected chi connectivity index (χ2v) is 6.80. The van der Waals surface area contributed by atoms with E-state index in [1.54, 1.807) is 16.7 Å². The van der Waals surface area contributed by atoms with Gasteiger partial charge in [0.15, 0.2) is 0 Å². The first-order valence-electron chi connectivity index (χ1n) is 8.03. The molecule has 1 unspecified atom stereocenters. The molecule has 136 valence electrons. The molecule has 1 heterocycles. The molecule has 1 aliphatic rings. The number of amides is 1. The number of rotatable bonds is 7. The number of hydrogen-bond donors (Lipinski definition) is 1. The van der Waals surface area contributed by atoms with Crippen LogP contribution in [0.2, 0.25) is 0 Å². The molecular weight excluding hydrogens is 346 g/mol. The summed E-state index contributed by atoms with van der Waals surface area (Å²) in [6.07, 6.45) is 2.74. The number of likely N-dealkylation sites (N-methyl/N-ethyl adjacent to an activating group) is 1. The number of para-hydroxylation sites is 1. The highest BCUT2D eigenvalue weighted by Gasteiger charge is 2.20. The summed E-state index contributed by atoms with van der Waals surface area (Å²) in [4.78, 5) is 16.5. The van der Waals surface area contributed by atoms with Gasteiger partial charge < -0.3 is 20.3 Å². The lowest BCUT2D eigenvalue weighted by Gasteiger charge is -2.31. The normalized spacial score (nSPS) is 15.5. The van der Waals surface area contributed by atoms with Gasteiger partial charge in [0, 0.05) is 32.4 Å². The van der Waals surface area contributed by atoms with Crippen LogP contribution in [-0.4, -0.2) is 62.2 Å². The molecule has 1 atom stereocenters. The van der Waals surface area contributed by atoms with E-state index in [1.807, 2.05) is 25.4 Å². The first-order valence-corrected chi connectivity index (χ1v) is 9.43. The highest BCUT2D eigenvalue weighted by Crippen LogP contribution is 2.23. The topological polar surface area (TPSA) is 58.8 Å². The average molecular weight is 374 g/mol. The van der Waals surface area contributed by atoms with Crippen LogP contribution in [0.25, 0.3) is 0 Å².